The van der Waals surface area contributed by atoms with Crippen LogP contribution >= 0.6 is 0 Å². The lowest BCUT2D eigenvalue weighted by molar-refractivity contribution is 0.521. The molecule has 2 nitrogen and oxygen atoms in total. The van der Waals surface area contributed by atoms with Crippen LogP contribution in [0, 0.1) is 0 Å². The van der Waals surface area contributed by atoms with Crippen molar-refractivity contribution in [3.63, 3.8) is 0 Å². The molecule has 1 aromatic heterocycles. The molecule has 0 aliphatic carbocycles. The van der Waals surface area contributed by atoms with Gasteiger partial charge in [0.2, 0.25) is 0 Å². The van der Waals surface area contributed by atoms with Crippen molar-refractivity contribution in [3.8, 4) is 0 Å². The summed E-state index contributed by atoms with van der Waals surface area (Å²) in [5.41, 5.74) is 4.03. The lowest BCUT2D eigenvalue weighted by Crippen LogP contribution is -2.04. The fourth-order valence-electron chi connectivity index (χ4n) is 5.34. The SMILES string of the molecule is CCCCCCCCCCCCCCCCn1cc(CCCc2ccccc2)nc1Cc1ccccc1. The van der Waals surface area contributed by atoms with Crippen LogP contribution in [0.2, 0.25) is 0 Å². The van der Waals surface area contributed by atoms with Crippen LogP contribution in [0.25, 0.3) is 0 Å². The molecule has 37 heavy (non-hydrogen) atoms. The zero-order valence-electron chi connectivity index (χ0n) is 23.7. The lowest BCUT2D eigenvalue weighted by Gasteiger charge is -2.08. The molecule has 0 spiro atoms. The topological polar surface area (TPSA) is 17.8 Å². The number of imidazole rings is 1. The van der Waals surface area contributed by atoms with Gasteiger partial charge in [0, 0.05) is 19.2 Å². The summed E-state index contributed by atoms with van der Waals surface area (Å²) >= 11 is 0. The van der Waals surface area contributed by atoms with Crippen molar-refractivity contribution in [2.45, 2.75) is 129 Å². The number of hydrogen-bond donors (Lipinski definition) is 0. The van der Waals surface area contributed by atoms with Gasteiger partial charge in [-0.1, -0.05) is 151 Å². The van der Waals surface area contributed by atoms with Crippen LogP contribution in [0.5, 0.6) is 0 Å². The summed E-state index contributed by atoms with van der Waals surface area (Å²) in [6.45, 7) is 3.40. The summed E-state index contributed by atoms with van der Waals surface area (Å²) in [6.07, 6.45) is 26.3. The van der Waals surface area contributed by atoms with E-state index in [0.29, 0.717) is 0 Å². The van der Waals surface area contributed by atoms with Crippen molar-refractivity contribution in [1.29, 1.82) is 0 Å². The van der Waals surface area contributed by atoms with Gasteiger partial charge in [-0.2, -0.15) is 0 Å². The highest BCUT2D eigenvalue weighted by Gasteiger charge is 2.09. The Hall–Kier alpha value is -2.35. The van der Waals surface area contributed by atoms with E-state index in [1.807, 2.05) is 0 Å². The minimum atomic E-state index is 0.929. The van der Waals surface area contributed by atoms with E-state index < -0.39 is 0 Å². The van der Waals surface area contributed by atoms with Crippen molar-refractivity contribution >= 4 is 0 Å². The molecule has 0 radical (unpaired) electrons. The normalized spacial score (nSPS) is 11.3. The van der Waals surface area contributed by atoms with E-state index in [-0.39, 0.29) is 0 Å². The van der Waals surface area contributed by atoms with Crippen LogP contribution < -0.4 is 0 Å². The highest BCUT2D eigenvalue weighted by molar-refractivity contribution is 5.21. The van der Waals surface area contributed by atoms with Gasteiger partial charge in [0.1, 0.15) is 5.82 Å². The molecule has 0 aliphatic rings. The Morgan fingerprint density at radius 2 is 1.05 bits per heavy atom. The number of nitrogens with zero attached hydrogens (tertiary/aromatic N) is 2. The quantitative estimate of drug-likeness (QED) is 0.133. The molecule has 0 aliphatic heterocycles. The summed E-state index contributed by atoms with van der Waals surface area (Å²) in [6, 6.07) is 21.6. The Balaban J connectivity index is 1.33. The van der Waals surface area contributed by atoms with Crippen LogP contribution in [0.4, 0.5) is 0 Å². The fourth-order valence-corrected chi connectivity index (χ4v) is 5.34. The van der Waals surface area contributed by atoms with Gasteiger partial charge < -0.3 is 4.57 Å². The summed E-state index contributed by atoms with van der Waals surface area (Å²) in [5, 5.41) is 0. The summed E-state index contributed by atoms with van der Waals surface area (Å²) in [4.78, 5) is 5.08. The molecule has 0 N–H and O–H groups in total. The first-order valence-electron chi connectivity index (χ1n) is 15.5. The first kappa shape index (κ1) is 29.2. The Morgan fingerprint density at radius 3 is 1.62 bits per heavy atom. The van der Waals surface area contributed by atoms with Gasteiger partial charge in [0.15, 0.2) is 0 Å². The standard InChI is InChI=1S/C35H52N2/c1-2-3-4-5-6-7-8-9-10-11-12-13-14-21-29-37-31-34(28-22-27-32-23-17-15-18-24-32)36-35(37)30-33-25-19-16-20-26-33/h15-20,23-26,31H,2-14,21-22,27-30H2,1H3. The van der Waals surface area contributed by atoms with Gasteiger partial charge in [0.05, 0.1) is 5.69 Å². The lowest BCUT2D eigenvalue weighted by atomic mass is 10.0. The molecule has 0 saturated heterocycles. The van der Waals surface area contributed by atoms with Crippen LogP contribution in [0.1, 0.15) is 126 Å². The maximum Gasteiger partial charge on any atom is 0.113 e. The van der Waals surface area contributed by atoms with Crippen molar-refractivity contribution < 1.29 is 0 Å². The van der Waals surface area contributed by atoms with E-state index in [2.05, 4.69) is 78.4 Å². The van der Waals surface area contributed by atoms with Crippen LogP contribution in [-0.2, 0) is 25.8 Å². The number of aromatic nitrogens is 2. The van der Waals surface area contributed by atoms with Gasteiger partial charge in [-0.25, -0.2) is 4.98 Å². The molecule has 2 heteroatoms. The molecule has 202 valence electrons. The predicted molar refractivity (Wildman–Crippen MR) is 160 cm³/mol. The van der Waals surface area contributed by atoms with Crippen LogP contribution in [-0.4, -0.2) is 9.55 Å². The average Bonchev–Trinajstić information content (AvgIpc) is 3.31. The highest BCUT2D eigenvalue weighted by Crippen LogP contribution is 2.16. The zero-order chi connectivity index (χ0) is 25.8. The number of hydrogen-bond acceptors (Lipinski definition) is 1. The monoisotopic (exact) mass is 500 g/mol. The molecule has 3 aromatic rings. The number of unbranched alkanes of at least 4 members (excludes halogenated alkanes) is 13. The third-order valence-corrected chi connectivity index (χ3v) is 7.61. The molecule has 2 aromatic carbocycles. The molecule has 0 fully saturated rings. The maximum atomic E-state index is 5.08. The predicted octanol–water partition coefficient (Wildman–Crippen LogP) is 10.1. The molecule has 0 bridgehead atoms. The minimum absolute atomic E-state index is 0.929. The van der Waals surface area contributed by atoms with E-state index in [9.17, 15) is 0 Å². The van der Waals surface area contributed by atoms with E-state index in [0.717, 1.165) is 32.2 Å². The smallest absolute Gasteiger partial charge is 0.113 e. The maximum absolute atomic E-state index is 5.08. The average molecular weight is 501 g/mol. The first-order valence-corrected chi connectivity index (χ1v) is 15.5. The second-order valence-corrected chi connectivity index (χ2v) is 10.9. The molecule has 0 amide bonds. The van der Waals surface area contributed by atoms with Crippen molar-refractivity contribution in [3.05, 3.63) is 89.5 Å². The Bertz CT molecular complexity index is 928. The van der Waals surface area contributed by atoms with Crippen molar-refractivity contribution in [2.24, 2.45) is 0 Å². The largest absolute Gasteiger partial charge is 0.334 e. The van der Waals surface area contributed by atoms with Crippen LogP contribution in [0.3, 0.4) is 0 Å². The second-order valence-electron chi connectivity index (χ2n) is 10.9. The summed E-state index contributed by atoms with van der Waals surface area (Å²) in [7, 11) is 0. The van der Waals surface area contributed by atoms with E-state index in [1.54, 1.807) is 0 Å². The molecular formula is C35H52N2. The summed E-state index contributed by atoms with van der Waals surface area (Å²) in [5.74, 6) is 1.23. The van der Waals surface area contributed by atoms with Gasteiger partial charge in [-0.3, -0.25) is 0 Å². The molecular weight excluding hydrogens is 448 g/mol. The molecule has 0 saturated carbocycles. The molecule has 0 atom stereocenters. The second kappa shape index (κ2) is 18.8. The highest BCUT2D eigenvalue weighted by atomic mass is 15.1. The van der Waals surface area contributed by atoms with E-state index >= 15 is 0 Å². The molecule has 1 heterocycles. The van der Waals surface area contributed by atoms with Gasteiger partial charge in [-0.15, -0.1) is 0 Å². The Labute approximate surface area is 227 Å². The number of aryl methyl sites for hydroxylation is 3. The Kier molecular flexibility index (Phi) is 14.9. The minimum Gasteiger partial charge on any atom is -0.334 e. The van der Waals surface area contributed by atoms with E-state index in [1.165, 1.54) is 113 Å². The van der Waals surface area contributed by atoms with Crippen LogP contribution in [0.15, 0.2) is 66.9 Å². The third-order valence-electron chi connectivity index (χ3n) is 7.61. The Morgan fingerprint density at radius 1 is 0.541 bits per heavy atom. The van der Waals surface area contributed by atoms with Crippen molar-refractivity contribution in [2.75, 3.05) is 0 Å². The first-order chi connectivity index (χ1) is 18.3. The number of rotatable bonds is 21. The fraction of sp³-hybridized carbons (Fsp3) is 0.571. The molecule has 3 rings (SSSR count). The third kappa shape index (κ3) is 12.6. The van der Waals surface area contributed by atoms with E-state index in [4.69, 9.17) is 4.98 Å². The van der Waals surface area contributed by atoms with Gasteiger partial charge >= 0.3 is 0 Å². The zero-order valence-corrected chi connectivity index (χ0v) is 23.7. The van der Waals surface area contributed by atoms with Gasteiger partial charge in [0.25, 0.3) is 0 Å². The summed E-state index contributed by atoms with van der Waals surface area (Å²) < 4.78 is 2.45. The number of benzene rings is 2. The van der Waals surface area contributed by atoms with Gasteiger partial charge in [-0.05, 0) is 36.8 Å². The van der Waals surface area contributed by atoms with Crippen molar-refractivity contribution in [1.82, 2.24) is 9.55 Å². The molecule has 0 unspecified atom stereocenters.